The molecule has 1 unspecified atom stereocenters. The molecular weight excluding hydrogens is 400 g/mol. The van der Waals surface area contributed by atoms with E-state index in [-0.39, 0.29) is 18.7 Å². The zero-order valence-corrected chi connectivity index (χ0v) is 19.4. The van der Waals surface area contributed by atoms with E-state index in [1.54, 1.807) is 13.0 Å². The largest absolute Gasteiger partial charge is 0.465 e. The first-order chi connectivity index (χ1) is 14.1. The van der Waals surface area contributed by atoms with Crippen LogP contribution in [0.25, 0.3) is 6.08 Å². The number of amides is 2. The van der Waals surface area contributed by atoms with Crippen LogP contribution in [0.3, 0.4) is 0 Å². The van der Waals surface area contributed by atoms with Crippen molar-refractivity contribution in [3.8, 4) is 0 Å². The third-order valence-electron chi connectivity index (χ3n) is 5.84. The maximum Gasteiger partial charge on any atom is 0.326 e. The Kier molecular flexibility index (Phi) is 6.32. The van der Waals surface area contributed by atoms with Gasteiger partial charge in [0.1, 0.15) is 6.54 Å². The molecule has 0 radical (unpaired) electrons. The molecule has 0 aliphatic carbocycles. The summed E-state index contributed by atoms with van der Waals surface area (Å²) in [5.41, 5.74) is 4.57. The van der Waals surface area contributed by atoms with Crippen LogP contribution < -0.4 is 4.90 Å². The molecule has 162 valence electrons. The third kappa shape index (κ3) is 4.13. The van der Waals surface area contributed by atoms with Gasteiger partial charge < -0.3 is 9.64 Å². The zero-order chi connectivity index (χ0) is 22.2. The van der Waals surface area contributed by atoms with Crippen LogP contribution in [0.15, 0.2) is 17.0 Å². The molecule has 6 nitrogen and oxygen atoms in total. The van der Waals surface area contributed by atoms with Crippen molar-refractivity contribution < 1.29 is 19.1 Å². The monoisotopic (exact) mass is 430 g/mol. The molecule has 1 atom stereocenters. The summed E-state index contributed by atoms with van der Waals surface area (Å²) in [7, 11) is 0. The molecule has 2 amide bonds. The molecule has 2 aliphatic rings. The lowest BCUT2D eigenvalue weighted by Gasteiger charge is -2.47. The topological polar surface area (TPSA) is 66.9 Å². The Labute approximate surface area is 182 Å². The predicted molar refractivity (Wildman–Crippen MR) is 121 cm³/mol. The van der Waals surface area contributed by atoms with Gasteiger partial charge in [0, 0.05) is 17.8 Å². The lowest BCUT2D eigenvalue weighted by Crippen LogP contribution is -2.48. The summed E-state index contributed by atoms with van der Waals surface area (Å²) in [5, 5.41) is -0.442. The van der Waals surface area contributed by atoms with E-state index in [0.717, 1.165) is 40.8 Å². The van der Waals surface area contributed by atoms with E-state index < -0.39 is 17.1 Å². The third-order valence-corrected chi connectivity index (χ3v) is 6.75. The summed E-state index contributed by atoms with van der Waals surface area (Å²) in [5.74, 6) is -0.633. The Morgan fingerprint density at radius 1 is 1.30 bits per heavy atom. The van der Waals surface area contributed by atoms with Crippen LogP contribution in [0.5, 0.6) is 0 Å². The second kappa shape index (κ2) is 8.46. The number of esters is 1. The van der Waals surface area contributed by atoms with Crippen molar-refractivity contribution in [2.24, 2.45) is 0 Å². The standard InChI is InChI=1S/C23H30N2O4S/c1-7-25-18-9-14(3)16(10-17(18)15(4)12-23(25,5)6)11-19-21(27)24(22(28)30-19)13-20(26)29-8-2/h9-11,15H,7-8,12-13H2,1-6H3/b19-11+. The Bertz CT molecular complexity index is 922. The van der Waals surface area contributed by atoms with Crippen molar-refractivity contribution >= 4 is 40.6 Å². The number of anilines is 1. The molecule has 7 heteroatoms. The molecule has 1 aromatic carbocycles. The van der Waals surface area contributed by atoms with Crippen molar-refractivity contribution in [2.45, 2.75) is 59.4 Å². The van der Waals surface area contributed by atoms with E-state index in [2.05, 4.69) is 44.7 Å². The Morgan fingerprint density at radius 2 is 2.00 bits per heavy atom. The number of thioether (sulfide) groups is 1. The second-order valence-electron chi connectivity index (χ2n) is 8.50. The molecule has 0 spiro atoms. The quantitative estimate of drug-likeness (QED) is 0.498. The summed E-state index contributed by atoms with van der Waals surface area (Å²) in [6.07, 6.45) is 2.82. The number of nitrogens with zero attached hydrogens (tertiary/aromatic N) is 2. The van der Waals surface area contributed by atoms with Gasteiger partial charge >= 0.3 is 5.97 Å². The minimum atomic E-state index is -0.581. The van der Waals surface area contributed by atoms with Crippen molar-refractivity contribution in [1.29, 1.82) is 0 Å². The first-order valence-electron chi connectivity index (χ1n) is 10.4. The van der Waals surface area contributed by atoms with Crippen molar-refractivity contribution in [3.63, 3.8) is 0 Å². The van der Waals surface area contributed by atoms with Crippen LogP contribution in [0.2, 0.25) is 0 Å². The number of benzene rings is 1. The van der Waals surface area contributed by atoms with E-state index in [4.69, 9.17) is 4.74 Å². The highest BCUT2D eigenvalue weighted by Gasteiger charge is 2.38. The van der Waals surface area contributed by atoms with Crippen LogP contribution in [-0.4, -0.2) is 47.3 Å². The van der Waals surface area contributed by atoms with Gasteiger partial charge in [-0.25, -0.2) is 0 Å². The fourth-order valence-electron chi connectivity index (χ4n) is 4.52. The van der Waals surface area contributed by atoms with Gasteiger partial charge in [0.05, 0.1) is 11.5 Å². The Hall–Kier alpha value is -2.28. The number of hydrogen-bond acceptors (Lipinski definition) is 6. The number of hydrogen-bond donors (Lipinski definition) is 0. The van der Waals surface area contributed by atoms with Gasteiger partial charge in [0.2, 0.25) is 0 Å². The SMILES string of the molecule is CCOC(=O)CN1C(=O)S/C(=C/c2cc3c(cc2C)N(CC)C(C)(C)CC3C)C1=O. The summed E-state index contributed by atoms with van der Waals surface area (Å²) in [4.78, 5) is 40.4. The molecule has 1 fully saturated rings. The Morgan fingerprint density at radius 3 is 2.63 bits per heavy atom. The molecule has 0 bridgehead atoms. The van der Waals surface area contributed by atoms with Crippen LogP contribution in [0.1, 0.15) is 63.6 Å². The molecule has 30 heavy (non-hydrogen) atoms. The first kappa shape index (κ1) is 22.4. The normalized spacial score (nSPS) is 21.9. The first-order valence-corrected chi connectivity index (χ1v) is 11.2. The zero-order valence-electron chi connectivity index (χ0n) is 18.6. The van der Waals surface area contributed by atoms with E-state index in [1.807, 2.05) is 6.92 Å². The fraction of sp³-hybridized carbons (Fsp3) is 0.522. The average molecular weight is 431 g/mol. The van der Waals surface area contributed by atoms with Gasteiger partial charge in [-0.15, -0.1) is 0 Å². The van der Waals surface area contributed by atoms with Crippen LogP contribution in [-0.2, 0) is 14.3 Å². The fourth-order valence-corrected chi connectivity index (χ4v) is 5.35. The molecule has 0 saturated carbocycles. The molecule has 1 aromatic rings. The molecule has 0 aromatic heterocycles. The second-order valence-corrected chi connectivity index (χ2v) is 9.50. The average Bonchev–Trinajstić information content (AvgIpc) is 2.90. The number of rotatable bonds is 5. The van der Waals surface area contributed by atoms with Gasteiger partial charge in [-0.2, -0.15) is 0 Å². The summed E-state index contributed by atoms with van der Waals surface area (Å²) in [6, 6.07) is 4.33. The number of aryl methyl sites for hydroxylation is 1. The van der Waals surface area contributed by atoms with E-state index in [0.29, 0.717) is 10.8 Å². The number of carbonyl (C=O) groups is 3. The smallest absolute Gasteiger partial charge is 0.326 e. The van der Waals surface area contributed by atoms with Gasteiger partial charge in [0.15, 0.2) is 0 Å². The van der Waals surface area contributed by atoms with E-state index >= 15 is 0 Å². The van der Waals surface area contributed by atoms with Crippen LogP contribution >= 0.6 is 11.8 Å². The highest BCUT2D eigenvalue weighted by atomic mass is 32.2. The molecular formula is C23H30N2O4S. The van der Waals surface area contributed by atoms with Crippen LogP contribution in [0.4, 0.5) is 10.5 Å². The molecule has 3 rings (SSSR count). The minimum Gasteiger partial charge on any atom is -0.465 e. The number of carbonyl (C=O) groups excluding carboxylic acids is 3. The number of imide groups is 1. The molecule has 2 heterocycles. The lowest BCUT2D eigenvalue weighted by molar-refractivity contribution is -0.145. The maximum atomic E-state index is 12.7. The number of fused-ring (bicyclic) bond motifs is 1. The highest BCUT2D eigenvalue weighted by molar-refractivity contribution is 8.18. The minimum absolute atomic E-state index is 0.0882. The predicted octanol–water partition coefficient (Wildman–Crippen LogP) is 4.71. The summed E-state index contributed by atoms with van der Waals surface area (Å²) in [6.45, 7) is 13.5. The van der Waals surface area contributed by atoms with Crippen molar-refractivity contribution in [2.75, 3.05) is 24.6 Å². The van der Waals surface area contributed by atoms with Gasteiger partial charge in [-0.1, -0.05) is 6.92 Å². The highest BCUT2D eigenvalue weighted by Crippen LogP contribution is 2.44. The van der Waals surface area contributed by atoms with Gasteiger partial charge in [0.25, 0.3) is 11.1 Å². The van der Waals surface area contributed by atoms with Crippen molar-refractivity contribution in [1.82, 2.24) is 4.90 Å². The summed E-state index contributed by atoms with van der Waals surface area (Å²) >= 11 is 0.869. The molecule has 1 saturated heterocycles. The Balaban J connectivity index is 1.94. The van der Waals surface area contributed by atoms with E-state index in [1.165, 1.54) is 11.3 Å². The number of ether oxygens (including phenoxy) is 1. The van der Waals surface area contributed by atoms with Gasteiger partial charge in [-0.05, 0) is 93.6 Å². The van der Waals surface area contributed by atoms with E-state index in [9.17, 15) is 14.4 Å². The maximum absolute atomic E-state index is 12.7. The lowest BCUT2D eigenvalue weighted by atomic mass is 9.79. The van der Waals surface area contributed by atoms with Crippen LogP contribution in [0, 0.1) is 6.92 Å². The summed E-state index contributed by atoms with van der Waals surface area (Å²) < 4.78 is 4.87. The van der Waals surface area contributed by atoms with Gasteiger partial charge in [-0.3, -0.25) is 19.3 Å². The molecule has 0 N–H and O–H groups in total. The van der Waals surface area contributed by atoms with Crippen molar-refractivity contribution in [3.05, 3.63) is 33.7 Å². The molecule has 2 aliphatic heterocycles.